The molecule has 1 aliphatic heterocycles. The lowest BCUT2D eigenvalue weighted by Crippen LogP contribution is -2.41. The molecule has 0 aromatic heterocycles. The molecule has 0 spiro atoms. The quantitative estimate of drug-likeness (QED) is 0.808. The number of benzene rings is 2. The van der Waals surface area contributed by atoms with Gasteiger partial charge in [-0.25, -0.2) is 4.79 Å². The van der Waals surface area contributed by atoms with Gasteiger partial charge in [0.25, 0.3) is 5.91 Å². The Balaban J connectivity index is 1.46. The third kappa shape index (κ3) is 3.26. The van der Waals surface area contributed by atoms with Crippen LogP contribution < -0.4 is 10.1 Å². The van der Waals surface area contributed by atoms with Crippen LogP contribution in [0.4, 0.5) is 4.79 Å². The Morgan fingerprint density at radius 3 is 2.50 bits per heavy atom. The summed E-state index contributed by atoms with van der Waals surface area (Å²) in [4.78, 5) is 26.8. The van der Waals surface area contributed by atoms with Crippen LogP contribution in [0.1, 0.15) is 41.2 Å². The molecule has 1 fully saturated rings. The van der Waals surface area contributed by atoms with Gasteiger partial charge in [-0.2, -0.15) is 0 Å². The number of rotatable bonds is 5. The van der Waals surface area contributed by atoms with Gasteiger partial charge < -0.3 is 10.1 Å². The molecule has 1 N–H and O–H groups in total. The summed E-state index contributed by atoms with van der Waals surface area (Å²) in [5, 5.41) is 2.89. The second kappa shape index (κ2) is 6.97. The maximum atomic E-state index is 13.1. The van der Waals surface area contributed by atoms with E-state index in [2.05, 4.69) is 23.5 Å². The van der Waals surface area contributed by atoms with Crippen LogP contribution in [0.3, 0.4) is 0 Å². The number of aryl methyl sites for hydroxylation is 4. The van der Waals surface area contributed by atoms with E-state index in [4.69, 9.17) is 4.74 Å². The highest BCUT2D eigenvalue weighted by Gasteiger charge is 2.49. The van der Waals surface area contributed by atoms with Crippen molar-refractivity contribution >= 4 is 11.9 Å². The van der Waals surface area contributed by atoms with Crippen molar-refractivity contribution in [2.45, 2.75) is 45.6 Å². The van der Waals surface area contributed by atoms with E-state index >= 15 is 0 Å². The third-order valence-electron chi connectivity index (χ3n) is 5.73. The monoisotopic (exact) mass is 378 g/mol. The maximum absolute atomic E-state index is 13.1. The van der Waals surface area contributed by atoms with Gasteiger partial charge >= 0.3 is 6.03 Å². The summed E-state index contributed by atoms with van der Waals surface area (Å²) in [6, 6.07) is 11.8. The molecule has 2 aliphatic rings. The Hall–Kier alpha value is -2.82. The molecule has 3 amide bonds. The number of fused-ring (bicyclic) bond motifs is 1. The van der Waals surface area contributed by atoms with Crippen LogP contribution in [0.15, 0.2) is 36.4 Å². The van der Waals surface area contributed by atoms with E-state index < -0.39 is 5.54 Å². The van der Waals surface area contributed by atoms with E-state index in [1.54, 1.807) is 6.92 Å². The summed E-state index contributed by atoms with van der Waals surface area (Å²) in [6.45, 7) is 6.30. The highest BCUT2D eigenvalue weighted by molar-refractivity contribution is 6.07. The molecule has 4 rings (SSSR count). The lowest BCUT2D eigenvalue weighted by molar-refractivity contribution is -0.131. The average Bonchev–Trinajstić information content (AvgIpc) is 3.19. The first kappa shape index (κ1) is 18.5. The van der Waals surface area contributed by atoms with Gasteiger partial charge in [0.05, 0.1) is 6.54 Å². The Bertz CT molecular complexity index is 933. The molecule has 2 aromatic carbocycles. The van der Waals surface area contributed by atoms with Crippen molar-refractivity contribution in [1.29, 1.82) is 0 Å². The molecule has 1 aliphatic carbocycles. The van der Waals surface area contributed by atoms with Crippen LogP contribution in [0.25, 0.3) is 0 Å². The molecular weight excluding hydrogens is 352 g/mol. The summed E-state index contributed by atoms with van der Waals surface area (Å²) < 4.78 is 5.79. The van der Waals surface area contributed by atoms with Crippen molar-refractivity contribution in [1.82, 2.24) is 10.2 Å². The smallest absolute Gasteiger partial charge is 0.325 e. The topological polar surface area (TPSA) is 58.6 Å². The fraction of sp³-hybridized carbons (Fsp3) is 0.391. The molecule has 1 atom stereocenters. The summed E-state index contributed by atoms with van der Waals surface area (Å²) in [7, 11) is 0. The minimum absolute atomic E-state index is 0.220. The molecule has 5 nitrogen and oxygen atoms in total. The van der Waals surface area contributed by atoms with E-state index in [9.17, 15) is 9.59 Å². The van der Waals surface area contributed by atoms with Gasteiger partial charge in [0.2, 0.25) is 0 Å². The third-order valence-corrected chi connectivity index (χ3v) is 5.73. The molecule has 1 heterocycles. The zero-order valence-corrected chi connectivity index (χ0v) is 16.7. The van der Waals surface area contributed by atoms with Crippen molar-refractivity contribution in [3.63, 3.8) is 0 Å². The first-order valence-electron chi connectivity index (χ1n) is 9.84. The lowest BCUT2D eigenvalue weighted by atomic mass is 9.90. The van der Waals surface area contributed by atoms with Crippen LogP contribution in [0.2, 0.25) is 0 Å². The number of nitrogens with one attached hydrogen (secondary N) is 1. The van der Waals surface area contributed by atoms with E-state index in [-0.39, 0.29) is 25.1 Å². The second-order valence-electron chi connectivity index (χ2n) is 8.02. The van der Waals surface area contributed by atoms with E-state index in [0.717, 1.165) is 41.7 Å². The molecule has 1 saturated heterocycles. The predicted octanol–water partition coefficient (Wildman–Crippen LogP) is 3.64. The number of hydrogen-bond donors (Lipinski definition) is 1. The van der Waals surface area contributed by atoms with Gasteiger partial charge in [0.1, 0.15) is 17.9 Å². The SMILES string of the molecule is Cc1cc(C)cc(OCCN2C(=O)N[C@@](C)(c3ccc4c(c3)CCC4)C2=O)c1. The average molecular weight is 378 g/mol. The lowest BCUT2D eigenvalue weighted by Gasteiger charge is -2.23. The number of ether oxygens (including phenoxy) is 1. The fourth-order valence-electron chi connectivity index (χ4n) is 4.25. The molecule has 0 radical (unpaired) electrons. The Kier molecular flexibility index (Phi) is 4.61. The Morgan fingerprint density at radius 1 is 1.04 bits per heavy atom. The second-order valence-corrected chi connectivity index (χ2v) is 8.02. The van der Waals surface area contributed by atoms with Gasteiger partial charge in [0, 0.05) is 0 Å². The number of urea groups is 1. The molecule has 0 bridgehead atoms. The Morgan fingerprint density at radius 2 is 1.75 bits per heavy atom. The molecule has 2 aromatic rings. The highest BCUT2D eigenvalue weighted by atomic mass is 16.5. The van der Waals surface area contributed by atoms with Crippen LogP contribution in [-0.4, -0.2) is 30.0 Å². The number of carbonyl (C=O) groups is 2. The van der Waals surface area contributed by atoms with Crippen molar-refractivity contribution in [2.24, 2.45) is 0 Å². The van der Waals surface area contributed by atoms with Crippen molar-refractivity contribution in [3.05, 3.63) is 64.2 Å². The first-order valence-corrected chi connectivity index (χ1v) is 9.84. The number of imide groups is 1. The molecule has 0 saturated carbocycles. The number of nitrogens with zero attached hydrogens (tertiary/aromatic N) is 1. The van der Waals surface area contributed by atoms with Crippen LogP contribution in [-0.2, 0) is 23.2 Å². The van der Waals surface area contributed by atoms with Crippen molar-refractivity contribution in [3.8, 4) is 5.75 Å². The van der Waals surface area contributed by atoms with Crippen molar-refractivity contribution < 1.29 is 14.3 Å². The number of hydrogen-bond acceptors (Lipinski definition) is 3. The van der Waals surface area contributed by atoms with E-state index in [0.29, 0.717) is 0 Å². The Labute approximate surface area is 165 Å². The van der Waals surface area contributed by atoms with Crippen LogP contribution in [0, 0.1) is 13.8 Å². The summed E-state index contributed by atoms with van der Waals surface area (Å²) in [5.41, 5.74) is 4.71. The van der Waals surface area contributed by atoms with E-state index in [1.165, 1.54) is 16.0 Å². The van der Waals surface area contributed by atoms with Crippen LogP contribution >= 0.6 is 0 Å². The summed E-state index contributed by atoms with van der Waals surface area (Å²) >= 11 is 0. The first-order chi connectivity index (χ1) is 13.4. The zero-order valence-electron chi connectivity index (χ0n) is 16.7. The maximum Gasteiger partial charge on any atom is 0.325 e. The van der Waals surface area contributed by atoms with Gasteiger partial charge in [-0.15, -0.1) is 0 Å². The predicted molar refractivity (Wildman–Crippen MR) is 107 cm³/mol. The molecule has 146 valence electrons. The highest BCUT2D eigenvalue weighted by Crippen LogP contribution is 2.32. The molecular formula is C23H26N2O3. The summed E-state index contributed by atoms with van der Waals surface area (Å²) in [5.74, 6) is 0.533. The largest absolute Gasteiger partial charge is 0.492 e. The van der Waals surface area contributed by atoms with Gasteiger partial charge in [0.15, 0.2) is 0 Å². The summed E-state index contributed by atoms with van der Waals surface area (Å²) in [6.07, 6.45) is 3.28. The van der Waals surface area contributed by atoms with Gasteiger partial charge in [-0.05, 0) is 80.0 Å². The minimum atomic E-state index is -1.02. The number of amides is 3. The zero-order chi connectivity index (χ0) is 19.9. The normalized spacial score (nSPS) is 21.0. The molecule has 0 unspecified atom stereocenters. The van der Waals surface area contributed by atoms with Crippen molar-refractivity contribution in [2.75, 3.05) is 13.2 Å². The van der Waals surface area contributed by atoms with Gasteiger partial charge in [-0.1, -0.05) is 24.3 Å². The number of carbonyl (C=O) groups excluding carboxylic acids is 2. The van der Waals surface area contributed by atoms with Crippen LogP contribution in [0.5, 0.6) is 5.75 Å². The molecule has 5 heteroatoms. The minimum Gasteiger partial charge on any atom is -0.492 e. The standard InChI is InChI=1S/C23H26N2O3/c1-15-11-16(2)13-20(12-15)28-10-9-25-21(26)23(3,24-22(25)27)19-8-7-17-5-4-6-18(17)14-19/h7-8,11-14H,4-6,9-10H2,1-3H3,(H,24,27)/t23-/m0/s1. The van der Waals surface area contributed by atoms with Gasteiger partial charge in [-0.3, -0.25) is 9.69 Å². The molecule has 28 heavy (non-hydrogen) atoms. The fourth-order valence-corrected chi connectivity index (χ4v) is 4.25. The van der Waals surface area contributed by atoms with E-state index in [1.807, 2.05) is 32.0 Å².